The van der Waals surface area contributed by atoms with Crippen molar-refractivity contribution in [1.82, 2.24) is 49.8 Å². The minimum Gasteiger partial charge on any atom is -0.258 e. The lowest BCUT2D eigenvalue weighted by Gasteiger charge is -2.13. The van der Waals surface area contributed by atoms with E-state index >= 15 is 0 Å². The van der Waals surface area contributed by atoms with Gasteiger partial charge in [-0.2, -0.15) is 0 Å². The Morgan fingerprint density at radius 2 is 0.441 bits per heavy atom. The molecule has 93 heavy (non-hydrogen) atoms. The average molecular weight is 1210 g/mol. The molecule has 10 nitrogen and oxygen atoms in total. The molecule has 15 rings (SSSR count). The van der Waals surface area contributed by atoms with Crippen LogP contribution in [0.5, 0.6) is 0 Å². The highest BCUT2D eigenvalue weighted by atomic mass is 14.9. The first-order valence-electron chi connectivity index (χ1n) is 30.8. The Kier molecular flexibility index (Phi) is 21.1. The SMILES string of the molecule is Cc1nc(-c2ccccc2)c(-c2ccccc2)nc1-c1ccccc1.Cc1nc(-c2ccccc2)cnc1-c1ccccc1.Cc1nc2ccccc2nc1-c1ccccc1.Cc1ncc(-c2ccccc2)nc1-c1ccccc1.Cc1nccnc1-c1ccccc1. The van der Waals surface area contributed by atoms with E-state index in [1.165, 1.54) is 0 Å². The number of aromatic nitrogens is 10. The van der Waals surface area contributed by atoms with Crippen molar-refractivity contribution < 1.29 is 0 Å². The standard InChI is InChI=1S/C23H18N2.2C17H14N2.C15H12N2.C11H10N2/c1-17-21(18-11-5-2-6-12-18)25-23(20-15-9-4-10-16-20)22(24-17)19-13-7-3-8-14-19;1-13-17(15-10-6-3-7-11-15)18-12-16(19-13)14-8-4-2-5-9-14;1-13-17(15-10-6-3-7-11-15)19-16(12-18-13)14-8-4-2-5-9-14;1-11-15(12-7-3-2-4-8-12)17-14-10-6-5-9-13(14)16-11;1-9-11(13-8-7-12-9)10-5-3-2-4-6-10/h2-16H,1H3;2*2-12H,1H3;2-10H,1H3;2-8H,1H3. The van der Waals surface area contributed by atoms with E-state index in [2.05, 4.69) is 108 Å². The molecule has 0 saturated heterocycles. The molecule has 0 N–H and O–H groups in total. The maximum Gasteiger partial charge on any atom is 0.0973 e. The maximum atomic E-state index is 5.03. The highest BCUT2D eigenvalue weighted by Gasteiger charge is 2.16. The predicted octanol–water partition coefficient (Wildman–Crippen LogP) is 20.1. The summed E-state index contributed by atoms with van der Waals surface area (Å²) in [5.74, 6) is 0. The third-order valence-electron chi connectivity index (χ3n) is 15.1. The van der Waals surface area contributed by atoms with Crippen molar-refractivity contribution >= 4 is 11.0 Å². The molecule has 10 heteroatoms. The fourth-order valence-corrected chi connectivity index (χ4v) is 10.4. The van der Waals surface area contributed by atoms with E-state index in [9.17, 15) is 0 Å². The van der Waals surface area contributed by atoms with Gasteiger partial charge in [0.1, 0.15) is 0 Å². The smallest absolute Gasteiger partial charge is 0.0973 e. The predicted molar refractivity (Wildman–Crippen MR) is 380 cm³/mol. The van der Waals surface area contributed by atoms with Crippen molar-refractivity contribution in [2.75, 3.05) is 0 Å². The van der Waals surface area contributed by atoms with E-state index in [1.54, 1.807) is 12.4 Å². The van der Waals surface area contributed by atoms with Gasteiger partial charge in [-0.05, 0) is 46.8 Å². The van der Waals surface area contributed by atoms with Gasteiger partial charge < -0.3 is 0 Å². The Morgan fingerprint density at radius 3 is 0.849 bits per heavy atom. The lowest BCUT2D eigenvalue weighted by atomic mass is 10.0. The number of hydrogen-bond donors (Lipinski definition) is 0. The van der Waals surface area contributed by atoms with Crippen LogP contribution in [0.4, 0.5) is 0 Å². The molecule has 0 unspecified atom stereocenters. The molecule has 0 aliphatic carbocycles. The number of hydrogen-bond acceptors (Lipinski definition) is 10. The Bertz CT molecular complexity index is 4800. The van der Waals surface area contributed by atoms with Gasteiger partial charge in [-0.15, -0.1) is 0 Å². The molecule has 0 aliphatic rings. The van der Waals surface area contributed by atoms with Crippen molar-refractivity contribution in [3.8, 4) is 101 Å². The van der Waals surface area contributed by atoms with Crippen LogP contribution in [0, 0.1) is 34.6 Å². The summed E-state index contributed by atoms with van der Waals surface area (Å²) in [4.78, 5) is 46.2. The molecular formula is C83H68N10. The molecule has 5 aromatic heterocycles. The normalized spacial score (nSPS) is 10.4. The van der Waals surface area contributed by atoms with Crippen LogP contribution in [0.1, 0.15) is 28.5 Å². The zero-order chi connectivity index (χ0) is 64.0. The summed E-state index contributed by atoms with van der Waals surface area (Å²) >= 11 is 0. The summed E-state index contributed by atoms with van der Waals surface area (Å²) in [6.45, 7) is 9.99. The van der Waals surface area contributed by atoms with Gasteiger partial charge in [0.05, 0.1) is 103 Å². The summed E-state index contributed by atoms with van der Waals surface area (Å²) < 4.78 is 0. The molecule has 450 valence electrons. The van der Waals surface area contributed by atoms with Gasteiger partial charge in [-0.25, -0.2) is 29.9 Å². The van der Waals surface area contributed by atoms with Crippen LogP contribution in [0.3, 0.4) is 0 Å². The molecule has 0 bridgehead atoms. The number of aryl methyl sites for hydroxylation is 5. The third-order valence-corrected chi connectivity index (χ3v) is 15.1. The number of rotatable bonds is 9. The Balaban J connectivity index is 0.000000121. The highest BCUT2D eigenvalue weighted by Crippen LogP contribution is 2.33. The second-order valence-corrected chi connectivity index (χ2v) is 21.7. The fraction of sp³-hybridized carbons (Fsp3) is 0.0602. The lowest BCUT2D eigenvalue weighted by molar-refractivity contribution is 1.12. The molecule has 0 spiro atoms. The Hall–Kier alpha value is -12.1. The van der Waals surface area contributed by atoms with E-state index in [1.807, 2.05) is 271 Å². The van der Waals surface area contributed by atoms with Crippen LogP contribution in [-0.2, 0) is 0 Å². The molecule has 0 radical (unpaired) electrons. The largest absolute Gasteiger partial charge is 0.258 e. The summed E-state index contributed by atoms with van der Waals surface area (Å²) in [6, 6.07) is 99.5. The van der Waals surface area contributed by atoms with Crippen LogP contribution in [0.2, 0.25) is 0 Å². The molecule has 5 heterocycles. The first-order chi connectivity index (χ1) is 45.7. The van der Waals surface area contributed by atoms with Crippen LogP contribution in [0.25, 0.3) is 112 Å². The molecule has 0 amide bonds. The summed E-state index contributed by atoms with van der Waals surface area (Å²) in [5, 5.41) is 0. The minimum absolute atomic E-state index is 0.907. The monoisotopic (exact) mass is 1200 g/mol. The zero-order valence-electron chi connectivity index (χ0n) is 52.6. The van der Waals surface area contributed by atoms with Gasteiger partial charge >= 0.3 is 0 Å². The number of fused-ring (bicyclic) bond motifs is 1. The van der Waals surface area contributed by atoms with Gasteiger partial charge in [0, 0.05) is 62.5 Å². The van der Waals surface area contributed by atoms with E-state index in [0.29, 0.717) is 0 Å². The maximum absolute atomic E-state index is 5.03. The summed E-state index contributed by atoms with van der Waals surface area (Å²) in [6.07, 6.45) is 7.10. The van der Waals surface area contributed by atoms with Gasteiger partial charge in [0.2, 0.25) is 0 Å². The van der Waals surface area contributed by atoms with E-state index in [-0.39, 0.29) is 0 Å². The topological polar surface area (TPSA) is 129 Å². The minimum atomic E-state index is 0.907. The Morgan fingerprint density at radius 1 is 0.172 bits per heavy atom. The molecule has 0 saturated carbocycles. The molecule has 0 aliphatic heterocycles. The van der Waals surface area contributed by atoms with Gasteiger partial charge in [-0.1, -0.05) is 285 Å². The first kappa shape index (κ1) is 62.5. The first-order valence-corrected chi connectivity index (χ1v) is 30.8. The van der Waals surface area contributed by atoms with E-state index < -0.39 is 0 Å². The number of benzene rings is 10. The van der Waals surface area contributed by atoms with Crippen LogP contribution < -0.4 is 0 Å². The highest BCUT2D eigenvalue weighted by molar-refractivity contribution is 5.81. The van der Waals surface area contributed by atoms with Crippen molar-refractivity contribution in [3.05, 3.63) is 351 Å². The third kappa shape index (κ3) is 16.4. The fourth-order valence-electron chi connectivity index (χ4n) is 10.4. The van der Waals surface area contributed by atoms with E-state index in [4.69, 9.17) is 15.0 Å². The average Bonchev–Trinajstić information content (AvgIpc) is 0.935. The molecule has 0 atom stereocenters. The molecule has 10 aromatic carbocycles. The van der Waals surface area contributed by atoms with Crippen molar-refractivity contribution in [3.63, 3.8) is 0 Å². The summed E-state index contributed by atoms with van der Waals surface area (Å²) in [5.41, 5.74) is 24.9. The Labute approximate surface area is 544 Å². The molecule has 0 fully saturated rings. The second kappa shape index (κ2) is 31.4. The van der Waals surface area contributed by atoms with Crippen LogP contribution in [-0.4, -0.2) is 49.8 Å². The van der Waals surface area contributed by atoms with Gasteiger partial charge in [-0.3, -0.25) is 19.9 Å². The zero-order valence-corrected chi connectivity index (χ0v) is 52.6. The van der Waals surface area contributed by atoms with Crippen LogP contribution in [0.15, 0.2) is 322 Å². The molecular weight excluding hydrogens is 1140 g/mol. The van der Waals surface area contributed by atoms with Gasteiger partial charge in [0.25, 0.3) is 0 Å². The van der Waals surface area contributed by atoms with Crippen molar-refractivity contribution in [1.29, 1.82) is 0 Å². The van der Waals surface area contributed by atoms with Crippen molar-refractivity contribution in [2.45, 2.75) is 34.6 Å². The van der Waals surface area contributed by atoms with Crippen molar-refractivity contribution in [2.24, 2.45) is 0 Å². The number of para-hydroxylation sites is 2. The quantitative estimate of drug-likeness (QED) is 0.138. The summed E-state index contributed by atoms with van der Waals surface area (Å²) in [7, 11) is 0. The lowest BCUT2D eigenvalue weighted by Crippen LogP contribution is -2.00. The number of nitrogens with zero attached hydrogens (tertiary/aromatic N) is 10. The second-order valence-electron chi connectivity index (χ2n) is 21.7. The van der Waals surface area contributed by atoms with E-state index in [0.717, 1.165) is 141 Å². The van der Waals surface area contributed by atoms with Gasteiger partial charge in [0.15, 0.2) is 0 Å². The van der Waals surface area contributed by atoms with Crippen LogP contribution >= 0.6 is 0 Å². The molecule has 15 aromatic rings.